The number of ether oxygens (including phenoxy) is 1. The van der Waals surface area contributed by atoms with Crippen LogP contribution in [-0.4, -0.2) is 31.6 Å². The monoisotopic (exact) mass is 376 g/mol. The van der Waals surface area contributed by atoms with Crippen molar-refractivity contribution in [1.29, 1.82) is 0 Å². The van der Waals surface area contributed by atoms with Gasteiger partial charge in [0.1, 0.15) is 5.75 Å². The Bertz CT molecular complexity index is 644. The van der Waals surface area contributed by atoms with Gasteiger partial charge in [-0.2, -0.15) is 0 Å². The molecule has 0 radical (unpaired) electrons. The van der Waals surface area contributed by atoms with Crippen molar-refractivity contribution in [2.75, 3.05) is 20.7 Å². The Morgan fingerprint density at radius 1 is 1.17 bits per heavy atom. The zero-order valence-electron chi connectivity index (χ0n) is 13.4. The van der Waals surface area contributed by atoms with Crippen LogP contribution in [0.1, 0.15) is 11.1 Å². The number of methoxy groups -OCH3 is 1. The Balaban J connectivity index is 1.81. The first-order valence-corrected chi connectivity index (χ1v) is 8.24. The summed E-state index contributed by atoms with van der Waals surface area (Å²) in [7, 11) is 3.45. The molecule has 4 nitrogen and oxygen atoms in total. The van der Waals surface area contributed by atoms with Gasteiger partial charge >= 0.3 is 6.03 Å². The fourth-order valence-electron chi connectivity index (χ4n) is 2.28. The van der Waals surface area contributed by atoms with E-state index in [1.165, 1.54) is 0 Å². The van der Waals surface area contributed by atoms with Crippen LogP contribution in [0, 0.1) is 0 Å². The van der Waals surface area contributed by atoms with Crippen LogP contribution in [0.15, 0.2) is 53.0 Å². The summed E-state index contributed by atoms with van der Waals surface area (Å²) in [6, 6.07) is 15.7. The van der Waals surface area contributed by atoms with Crippen LogP contribution in [0.2, 0.25) is 0 Å². The Morgan fingerprint density at radius 3 is 2.57 bits per heavy atom. The molecule has 23 heavy (non-hydrogen) atoms. The molecule has 2 rings (SSSR count). The first-order valence-electron chi connectivity index (χ1n) is 7.45. The number of hydrogen-bond donors (Lipinski definition) is 1. The van der Waals surface area contributed by atoms with Crippen molar-refractivity contribution in [2.24, 2.45) is 0 Å². The first kappa shape index (κ1) is 17.3. The van der Waals surface area contributed by atoms with E-state index in [0.717, 1.165) is 27.8 Å². The fraction of sp³-hybridized carbons (Fsp3) is 0.278. The van der Waals surface area contributed by atoms with Gasteiger partial charge in [-0.1, -0.05) is 46.3 Å². The molecule has 2 amide bonds. The van der Waals surface area contributed by atoms with E-state index in [0.29, 0.717) is 13.1 Å². The summed E-state index contributed by atoms with van der Waals surface area (Å²) in [5.74, 6) is 0.852. The summed E-state index contributed by atoms with van der Waals surface area (Å²) >= 11 is 3.41. The summed E-state index contributed by atoms with van der Waals surface area (Å²) in [4.78, 5) is 13.8. The van der Waals surface area contributed by atoms with Gasteiger partial charge in [0.25, 0.3) is 0 Å². The zero-order chi connectivity index (χ0) is 16.7. The second-order valence-electron chi connectivity index (χ2n) is 5.28. The lowest BCUT2D eigenvalue weighted by Gasteiger charge is -2.18. The maximum Gasteiger partial charge on any atom is 0.317 e. The average molecular weight is 377 g/mol. The van der Waals surface area contributed by atoms with E-state index in [1.54, 1.807) is 19.1 Å². The minimum absolute atomic E-state index is 0.0807. The fourth-order valence-corrected chi connectivity index (χ4v) is 2.55. The van der Waals surface area contributed by atoms with Crippen molar-refractivity contribution >= 4 is 22.0 Å². The third kappa shape index (κ3) is 5.28. The van der Waals surface area contributed by atoms with Crippen molar-refractivity contribution in [3.05, 3.63) is 64.1 Å². The lowest BCUT2D eigenvalue weighted by Crippen LogP contribution is -2.37. The highest BCUT2D eigenvalue weighted by Crippen LogP contribution is 2.17. The van der Waals surface area contributed by atoms with Crippen molar-refractivity contribution < 1.29 is 9.53 Å². The quantitative estimate of drug-likeness (QED) is 0.831. The highest BCUT2D eigenvalue weighted by Gasteiger charge is 2.09. The molecular weight excluding hydrogens is 356 g/mol. The molecule has 0 saturated carbocycles. The number of rotatable bonds is 6. The second-order valence-corrected chi connectivity index (χ2v) is 6.19. The molecule has 0 fully saturated rings. The number of hydrogen-bond acceptors (Lipinski definition) is 2. The number of halogens is 1. The minimum Gasteiger partial charge on any atom is -0.496 e. The predicted molar refractivity (Wildman–Crippen MR) is 95.7 cm³/mol. The lowest BCUT2D eigenvalue weighted by atomic mass is 10.1. The molecule has 0 heterocycles. The number of carbonyl (C=O) groups excluding carboxylic acids is 1. The molecule has 5 heteroatoms. The molecule has 2 aromatic carbocycles. The molecule has 0 saturated heterocycles. The van der Waals surface area contributed by atoms with Crippen LogP contribution in [-0.2, 0) is 13.0 Å². The lowest BCUT2D eigenvalue weighted by molar-refractivity contribution is 0.207. The third-order valence-electron chi connectivity index (χ3n) is 3.54. The molecule has 0 aliphatic heterocycles. The molecule has 0 aromatic heterocycles. The third-order valence-corrected chi connectivity index (χ3v) is 4.07. The summed E-state index contributed by atoms with van der Waals surface area (Å²) in [5.41, 5.74) is 2.18. The largest absolute Gasteiger partial charge is 0.496 e. The maximum absolute atomic E-state index is 12.1. The van der Waals surface area contributed by atoms with Crippen molar-refractivity contribution in [1.82, 2.24) is 10.2 Å². The van der Waals surface area contributed by atoms with Gasteiger partial charge in [-0.3, -0.25) is 0 Å². The number of amides is 2. The Morgan fingerprint density at radius 2 is 1.87 bits per heavy atom. The van der Waals surface area contributed by atoms with E-state index in [4.69, 9.17) is 4.74 Å². The molecule has 2 aromatic rings. The highest BCUT2D eigenvalue weighted by atomic mass is 79.9. The standard InChI is InChI=1S/C18H21BrN2O2/c1-21(13-14-7-9-16(19)10-8-14)18(22)20-12-11-15-5-3-4-6-17(15)23-2/h3-10H,11-13H2,1-2H3,(H,20,22). The van der Waals surface area contributed by atoms with E-state index < -0.39 is 0 Å². The smallest absolute Gasteiger partial charge is 0.317 e. The van der Waals surface area contributed by atoms with Crippen molar-refractivity contribution in [2.45, 2.75) is 13.0 Å². The summed E-state index contributed by atoms with van der Waals surface area (Å²) in [5, 5.41) is 2.94. The predicted octanol–water partition coefficient (Wildman–Crippen LogP) is 3.84. The van der Waals surface area contributed by atoms with Crippen LogP contribution in [0.5, 0.6) is 5.75 Å². The van der Waals surface area contributed by atoms with Gasteiger partial charge in [-0.25, -0.2) is 4.79 Å². The van der Waals surface area contributed by atoms with E-state index in [-0.39, 0.29) is 6.03 Å². The highest BCUT2D eigenvalue weighted by molar-refractivity contribution is 9.10. The SMILES string of the molecule is COc1ccccc1CCNC(=O)N(C)Cc1ccc(Br)cc1. The van der Waals surface area contributed by atoms with E-state index in [2.05, 4.69) is 21.2 Å². The van der Waals surface area contributed by atoms with Crippen LogP contribution in [0.3, 0.4) is 0 Å². The zero-order valence-corrected chi connectivity index (χ0v) is 15.0. The average Bonchev–Trinajstić information content (AvgIpc) is 2.57. The topological polar surface area (TPSA) is 41.6 Å². The van der Waals surface area contributed by atoms with Gasteiger partial charge in [0.15, 0.2) is 0 Å². The maximum atomic E-state index is 12.1. The van der Waals surface area contributed by atoms with Gasteiger partial charge in [0.05, 0.1) is 7.11 Å². The number of urea groups is 1. The van der Waals surface area contributed by atoms with Crippen molar-refractivity contribution in [3.8, 4) is 5.75 Å². The molecule has 0 aliphatic rings. The van der Waals surface area contributed by atoms with Gasteiger partial charge in [0.2, 0.25) is 0 Å². The first-order chi connectivity index (χ1) is 11.1. The van der Waals surface area contributed by atoms with Gasteiger partial charge in [-0.15, -0.1) is 0 Å². The van der Waals surface area contributed by atoms with Crippen LogP contribution in [0.4, 0.5) is 4.79 Å². The molecule has 0 aliphatic carbocycles. The number of carbonyl (C=O) groups is 1. The normalized spacial score (nSPS) is 10.2. The Kier molecular flexibility index (Phi) is 6.47. The number of nitrogens with one attached hydrogen (secondary N) is 1. The molecule has 1 N–H and O–H groups in total. The summed E-state index contributed by atoms with van der Waals surface area (Å²) in [6.07, 6.45) is 0.738. The Hall–Kier alpha value is -2.01. The molecule has 0 spiro atoms. The van der Waals surface area contributed by atoms with Gasteiger partial charge in [0, 0.05) is 24.6 Å². The summed E-state index contributed by atoms with van der Waals surface area (Å²) < 4.78 is 6.34. The molecular formula is C18H21BrN2O2. The van der Waals surface area contributed by atoms with Gasteiger partial charge < -0.3 is 15.0 Å². The number of para-hydroxylation sites is 1. The molecule has 0 bridgehead atoms. The van der Waals surface area contributed by atoms with Crippen LogP contribution in [0.25, 0.3) is 0 Å². The molecule has 0 unspecified atom stereocenters. The van der Waals surface area contributed by atoms with Crippen molar-refractivity contribution in [3.63, 3.8) is 0 Å². The van der Waals surface area contributed by atoms with E-state index in [9.17, 15) is 4.79 Å². The minimum atomic E-state index is -0.0807. The van der Waals surface area contributed by atoms with Crippen LogP contribution < -0.4 is 10.1 Å². The Labute approximate surface area is 145 Å². The second kappa shape index (κ2) is 8.58. The van der Waals surface area contributed by atoms with Crippen LogP contribution >= 0.6 is 15.9 Å². The number of benzene rings is 2. The van der Waals surface area contributed by atoms with Gasteiger partial charge in [-0.05, 0) is 35.7 Å². The molecule has 0 atom stereocenters. The molecule has 122 valence electrons. The number of nitrogens with zero attached hydrogens (tertiary/aromatic N) is 1. The summed E-state index contributed by atoms with van der Waals surface area (Å²) in [6.45, 7) is 1.15. The van der Waals surface area contributed by atoms with E-state index >= 15 is 0 Å². The van der Waals surface area contributed by atoms with E-state index in [1.807, 2.05) is 48.5 Å².